The number of aryl methyl sites for hydroxylation is 2. The Hall–Kier alpha value is -3.82. The van der Waals surface area contributed by atoms with Gasteiger partial charge in [-0.3, -0.25) is 0 Å². The molecule has 3 nitrogen and oxygen atoms in total. The van der Waals surface area contributed by atoms with E-state index < -0.39 is 0 Å². The van der Waals surface area contributed by atoms with Crippen LogP contribution in [-0.2, 0) is 0 Å². The van der Waals surface area contributed by atoms with Crippen LogP contribution < -0.4 is 0 Å². The van der Waals surface area contributed by atoms with E-state index >= 15 is 0 Å². The Morgan fingerprint density at radius 2 is 1.03 bits per heavy atom. The quantitative estimate of drug-likeness (QED) is 0.282. The molecule has 0 saturated carbocycles. The molecule has 4 aromatic carbocycles. The number of aromatic nitrogens is 3. The Morgan fingerprint density at radius 1 is 0.485 bits per heavy atom. The first-order chi connectivity index (χ1) is 16.1. The summed E-state index contributed by atoms with van der Waals surface area (Å²) in [4.78, 5) is 14.4. The van der Waals surface area contributed by atoms with Crippen LogP contribution >= 0.6 is 11.6 Å². The second-order valence-corrected chi connectivity index (χ2v) is 8.46. The van der Waals surface area contributed by atoms with Gasteiger partial charge in [0.2, 0.25) is 0 Å². The van der Waals surface area contributed by atoms with Gasteiger partial charge in [-0.15, -0.1) is 0 Å². The smallest absolute Gasteiger partial charge is 0.164 e. The van der Waals surface area contributed by atoms with E-state index in [0.29, 0.717) is 17.5 Å². The number of benzene rings is 4. The molecule has 5 aromatic rings. The third kappa shape index (κ3) is 4.41. The maximum atomic E-state index is 6.27. The van der Waals surface area contributed by atoms with E-state index in [9.17, 15) is 0 Å². The monoisotopic (exact) mass is 447 g/mol. The van der Waals surface area contributed by atoms with E-state index in [0.717, 1.165) is 38.4 Å². The topological polar surface area (TPSA) is 38.7 Å². The van der Waals surface area contributed by atoms with E-state index in [1.165, 1.54) is 5.56 Å². The van der Waals surface area contributed by atoms with Crippen LogP contribution in [0.1, 0.15) is 11.1 Å². The molecular weight excluding hydrogens is 426 g/mol. The molecule has 0 aliphatic rings. The van der Waals surface area contributed by atoms with Crippen molar-refractivity contribution in [3.05, 3.63) is 113 Å². The fourth-order valence-electron chi connectivity index (χ4n) is 3.93. The molecule has 1 heterocycles. The molecule has 0 radical (unpaired) electrons. The SMILES string of the molecule is Cc1cc(-c2nc(-c3ccccc3)nc(-c3ccccc3)n2)ccc1-c1cc(Cl)ccc1C. The lowest BCUT2D eigenvalue weighted by Crippen LogP contribution is -2.00. The Bertz CT molecular complexity index is 1370. The Kier molecular flexibility index (Phi) is 5.72. The average molecular weight is 448 g/mol. The van der Waals surface area contributed by atoms with E-state index in [4.69, 9.17) is 26.6 Å². The van der Waals surface area contributed by atoms with Crippen LogP contribution in [0.3, 0.4) is 0 Å². The summed E-state index contributed by atoms with van der Waals surface area (Å²) < 4.78 is 0. The van der Waals surface area contributed by atoms with Crippen LogP contribution in [0.15, 0.2) is 97.1 Å². The zero-order valence-electron chi connectivity index (χ0n) is 18.5. The highest BCUT2D eigenvalue weighted by Crippen LogP contribution is 2.32. The first kappa shape index (κ1) is 21.0. The second-order valence-electron chi connectivity index (χ2n) is 8.03. The Balaban J connectivity index is 1.64. The van der Waals surface area contributed by atoms with Crippen LogP contribution in [-0.4, -0.2) is 15.0 Å². The highest BCUT2D eigenvalue weighted by atomic mass is 35.5. The summed E-state index contributed by atoms with van der Waals surface area (Å²) in [5.41, 5.74) is 7.49. The van der Waals surface area contributed by atoms with Crippen molar-refractivity contribution in [1.29, 1.82) is 0 Å². The third-order valence-electron chi connectivity index (χ3n) is 5.67. The summed E-state index contributed by atoms with van der Waals surface area (Å²) >= 11 is 6.27. The molecule has 4 heteroatoms. The van der Waals surface area contributed by atoms with E-state index in [1.54, 1.807) is 0 Å². The van der Waals surface area contributed by atoms with Gasteiger partial charge in [0.1, 0.15) is 0 Å². The molecule has 0 N–H and O–H groups in total. The van der Waals surface area contributed by atoms with Crippen LogP contribution in [0.5, 0.6) is 0 Å². The van der Waals surface area contributed by atoms with E-state index in [-0.39, 0.29) is 0 Å². The maximum absolute atomic E-state index is 6.27. The van der Waals surface area contributed by atoms with Crippen molar-refractivity contribution in [3.63, 3.8) is 0 Å². The molecule has 0 fully saturated rings. The zero-order chi connectivity index (χ0) is 22.8. The van der Waals surface area contributed by atoms with Gasteiger partial charge in [0.25, 0.3) is 0 Å². The highest BCUT2D eigenvalue weighted by Gasteiger charge is 2.14. The molecule has 0 aliphatic carbocycles. The minimum absolute atomic E-state index is 0.653. The van der Waals surface area contributed by atoms with Crippen molar-refractivity contribution >= 4 is 11.6 Å². The molecule has 0 bridgehead atoms. The number of hydrogen-bond acceptors (Lipinski definition) is 3. The predicted octanol–water partition coefficient (Wildman–Crippen LogP) is 7.81. The maximum Gasteiger partial charge on any atom is 0.164 e. The molecule has 0 spiro atoms. The van der Waals surface area contributed by atoms with Crippen molar-refractivity contribution < 1.29 is 0 Å². The van der Waals surface area contributed by atoms with Gasteiger partial charge < -0.3 is 0 Å². The number of halogens is 1. The van der Waals surface area contributed by atoms with Crippen molar-refractivity contribution in [3.8, 4) is 45.3 Å². The summed E-state index contributed by atoms with van der Waals surface area (Å²) in [5.74, 6) is 1.97. The number of rotatable bonds is 4. The average Bonchev–Trinajstić information content (AvgIpc) is 2.86. The lowest BCUT2D eigenvalue weighted by atomic mass is 9.95. The van der Waals surface area contributed by atoms with Gasteiger partial charge in [-0.05, 0) is 54.3 Å². The van der Waals surface area contributed by atoms with E-state index in [2.05, 4.69) is 38.1 Å². The lowest BCUT2D eigenvalue weighted by Gasteiger charge is -2.13. The fourth-order valence-corrected chi connectivity index (χ4v) is 4.10. The largest absolute Gasteiger partial charge is 0.208 e. The molecule has 0 amide bonds. The normalized spacial score (nSPS) is 10.9. The predicted molar refractivity (Wildman–Crippen MR) is 136 cm³/mol. The number of hydrogen-bond donors (Lipinski definition) is 0. The van der Waals surface area contributed by atoms with Crippen LogP contribution in [0.4, 0.5) is 0 Å². The molecular formula is C29H22ClN3. The molecule has 5 rings (SSSR count). The molecule has 0 unspecified atom stereocenters. The summed E-state index contributed by atoms with van der Waals surface area (Å²) in [7, 11) is 0. The van der Waals surface area contributed by atoms with Gasteiger partial charge in [0.05, 0.1) is 0 Å². The molecule has 1 aromatic heterocycles. The van der Waals surface area contributed by atoms with Crippen LogP contribution in [0, 0.1) is 13.8 Å². The summed E-state index contributed by atoms with van der Waals surface area (Å²) in [6.45, 7) is 4.21. The second kappa shape index (κ2) is 8.97. The van der Waals surface area contributed by atoms with Gasteiger partial charge >= 0.3 is 0 Å². The summed E-state index contributed by atoms with van der Waals surface area (Å²) in [6, 6.07) is 32.3. The highest BCUT2D eigenvalue weighted by molar-refractivity contribution is 6.30. The van der Waals surface area contributed by atoms with Gasteiger partial charge in [-0.1, -0.05) is 90.5 Å². The van der Waals surface area contributed by atoms with Crippen LogP contribution in [0.25, 0.3) is 45.3 Å². The standard InChI is InChI=1S/C29H22ClN3/c1-19-13-15-24(30)18-26(19)25-16-14-23(17-20(25)2)29-32-27(21-9-5-3-6-10-21)31-28(33-29)22-11-7-4-8-12-22/h3-18H,1-2H3. The zero-order valence-corrected chi connectivity index (χ0v) is 19.2. The van der Waals surface area contributed by atoms with Gasteiger partial charge in [0, 0.05) is 21.7 Å². The van der Waals surface area contributed by atoms with Gasteiger partial charge in [-0.25, -0.2) is 15.0 Å². The lowest BCUT2D eigenvalue weighted by molar-refractivity contribution is 1.07. The van der Waals surface area contributed by atoms with Crippen molar-refractivity contribution in [2.75, 3.05) is 0 Å². The van der Waals surface area contributed by atoms with Crippen molar-refractivity contribution in [1.82, 2.24) is 15.0 Å². The molecule has 160 valence electrons. The first-order valence-electron chi connectivity index (χ1n) is 10.8. The Morgan fingerprint density at radius 3 is 1.58 bits per heavy atom. The molecule has 0 aliphatic heterocycles. The minimum Gasteiger partial charge on any atom is -0.208 e. The molecule has 33 heavy (non-hydrogen) atoms. The van der Waals surface area contributed by atoms with Gasteiger partial charge in [-0.2, -0.15) is 0 Å². The Labute approximate surface area is 198 Å². The minimum atomic E-state index is 0.653. The van der Waals surface area contributed by atoms with Crippen molar-refractivity contribution in [2.24, 2.45) is 0 Å². The molecule has 0 atom stereocenters. The molecule has 0 saturated heterocycles. The fraction of sp³-hybridized carbons (Fsp3) is 0.0690. The third-order valence-corrected chi connectivity index (χ3v) is 5.91. The van der Waals surface area contributed by atoms with E-state index in [1.807, 2.05) is 72.8 Å². The van der Waals surface area contributed by atoms with Crippen LogP contribution in [0.2, 0.25) is 5.02 Å². The van der Waals surface area contributed by atoms with Gasteiger partial charge in [0.15, 0.2) is 17.5 Å². The van der Waals surface area contributed by atoms with Crippen molar-refractivity contribution in [2.45, 2.75) is 13.8 Å². The first-order valence-corrected chi connectivity index (χ1v) is 11.2. The number of nitrogens with zero attached hydrogens (tertiary/aromatic N) is 3. The summed E-state index contributed by atoms with van der Waals surface area (Å²) in [5, 5.41) is 0.733. The summed E-state index contributed by atoms with van der Waals surface area (Å²) in [6.07, 6.45) is 0.